The standard InChI is InChI=1S/C14H21BrN2O3/c1-9(2)7-14(4,18)8-16-12-5-10(3)13(17(19)20)6-11(12)15/h5-6,9,16,18H,7-8H2,1-4H3. The summed E-state index contributed by atoms with van der Waals surface area (Å²) >= 11 is 3.32. The fourth-order valence-electron chi connectivity index (χ4n) is 2.24. The Labute approximate surface area is 127 Å². The van der Waals surface area contributed by atoms with E-state index in [1.165, 1.54) is 6.07 Å². The second kappa shape index (κ2) is 6.54. The summed E-state index contributed by atoms with van der Waals surface area (Å²) in [5.41, 5.74) is 0.598. The third kappa shape index (κ3) is 4.76. The quantitative estimate of drug-likeness (QED) is 0.606. The Bertz CT molecular complexity index is 501. The molecular weight excluding hydrogens is 324 g/mol. The molecule has 1 rings (SSSR count). The molecule has 0 spiro atoms. The second-order valence-electron chi connectivity index (χ2n) is 5.82. The monoisotopic (exact) mass is 344 g/mol. The summed E-state index contributed by atoms with van der Waals surface area (Å²) in [6, 6.07) is 3.20. The van der Waals surface area contributed by atoms with Gasteiger partial charge in [0.05, 0.1) is 10.5 Å². The lowest BCUT2D eigenvalue weighted by atomic mass is 9.94. The van der Waals surface area contributed by atoms with Crippen LogP contribution in [0.4, 0.5) is 11.4 Å². The molecule has 5 nitrogen and oxygen atoms in total. The Kier molecular flexibility index (Phi) is 5.53. The van der Waals surface area contributed by atoms with Crippen LogP contribution in [-0.4, -0.2) is 22.2 Å². The molecule has 0 radical (unpaired) electrons. The van der Waals surface area contributed by atoms with Crippen LogP contribution < -0.4 is 5.32 Å². The molecule has 1 aromatic carbocycles. The molecule has 1 unspecified atom stereocenters. The van der Waals surface area contributed by atoms with E-state index in [0.717, 1.165) is 5.69 Å². The molecule has 6 heteroatoms. The number of hydrogen-bond acceptors (Lipinski definition) is 4. The van der Waals surface area contributed by atoms with Crippen molar-refractivity contribution in [3.63, 3.8) is 0 Å². The van der Waals surface area contributed by atoms with E-state index in [9.17, 15) is 15.2 Å². The minimum atomic E-state index is -0.816. The summed E-state index contributed by atoms with van der Waals surface area (Å²) in [4.78, 5) is 10.4. The van der Waals surface area contributed by atoms with Crippen LogP contribution in [-0.2, 0) is 0 Å². The maximum absolute atomic E-state index is 10.8. The van der Waals surface area contributed by atoms with Gasteiger partial charge in [-0.15, -0.1) is 0 Å². The number of nitro groups is 1. The van der Waals surface area contributed by atoms with Gasteiger partial charge < -0.3 is 10.4 Å². The van der Waals surface area contributed by atoms with Crippen molar-refractivity contribution >= 4 is 27.3 Å². The molecule has 0 aliphatic carbocycles. The summed E-state index contributed by atoms with van der Waals surface area (Å²) in [6.45, 7) is 7.98. The van der Waals surface area contributed by atoms with Gasteiger partial charge in [-0.3, -0.25) is 10.1 Å². The highest BCUT2D eigenvalue weighted by Gasteiger charge is 2.22. The third-order valence-electron chi connectivity index (χ3n) is 2.99. The molecule has 1 atom stereocenters. The molecule has 0 heterocycles. The number of aryl methyl sites for hydroxylation is 1. The predicted molar refractivity (Wildman–Crippen MR) is 84.1 cm³/mol. The van der Waals surface area contributed by atoms with Crippen LogP contribution in [0.25, 0.3) is 0 Å². The molecule has 1 aromatic rings. The molecule has 0 aliphatic rings. The number of rotatable bonds is 6. The highest BCUT2D eigenvalue weighted by molar-refractivity contribution is 9.10. The van der Waals surface area contributed by atoms with E-state index >= 15 is 0 Å². The molecule has 0 saturated heterocycles. The van der Waals surface area contributed by atoms with Gasteiger partial charge in [-0.25, -0.2) is 0 Å². The maximum Gasteiger partial charge on any atom is 0.273 e. The zero-order valence-electron chi connectivity index (χ0n) is 12.2. The van der Waals surface area contributed by atoms with Gasteiger partial charge in [0.15, 0.2) is 0 Å². The van der Waals surface area contributed by atoms with Crippen LogP contribution in [0.1, 0.15) is 32.8 Å². The first-order valence-corrected chi connectivity index (χ1v) is 7.32. The van der Waals surface area contributed by atoms with Crippen molar-refractivity contribution in [2.24, 2.45) is 5.92 Å². The average Bonchev–Trinajstić information content (AvgIpc) is 2.27. The highest BCUT2D eigenvalue weighted by Crippen LogP contribution is 2.31. The maximum atomic E-state index is 10.8. The molecule has 20 heavy (non-hydrogen) atoms. The van der Waals surface area contributed by atoms with E-state index in [1.807, 2.05) is 0 Å². The lowest BCUT2D eigenvalue weighted by Gasteiger charge is -2.26. The van der Waals surface area contributed by atoms with Crippen molar-refractivity contribution < 1.29 is 10.0 Å². The SMILES string of the molecule is Cc1cc(NCC(C)(O)CC(C)C)c(Br)cc1[N+](=O)[O-]. The summed E-state index contributed by atoms with van der Waals surface area (Å²) < 4.78 is 0.621. The molecule has 0 saturated carbocycles. The summed E-state index contributed by atoms with van der Waals surface area (Å²) in [5.74, 6) is 0.397. The van der Waals surface area contributed by atoms with Gasteiger partial charge in [-0.1, -0.05) is 13.8 Å². The molecule has 0 aliphatic heterocycles. The Hall–Kier alpha value is -1.14. The number of hydrogen-bond donors (Lipinski definition) is 2. The van der Waals surface area contributed by atoms with Gasteiger partial charge in [0.2, 0.25) is 0 Å². The Morgan fingerprint density at radius 3 is 2.60 bits per heavy atom. The fourth-order valence-corrected chi connectivity index (χ4v) is 2.71. The molecule has 112 valence electrons. The van der Waals surface area contributed by atoms with Gasteiger partial charge in [-0.2, -0.15) is 0 Å². The van der Waals surface area contributed by atoms with Crippen LogP contribution in [0.5, 0.6) is 0 Å². The number of nitro benzene ring substituents is 1. The number of benzene rings is 1. The van der Waals surface area contributed by atoms with Crippen LogP contribution >= 0.6 is 15.9 Å². The number of nitrogens with zero attached hydrogens (tertiary/aromatic N) is 1. The van der Waals surface area contributed by atoms with Crippen LogP contribution in [0.2, 0.25) is 0 Å². The van der Waals surface area contributed by atoms with E-state index in [-0.39, 0.29) is 5.69 Å². The summed E-state index contributed by atoms with van der Waals surface area (Å²) in [5, 5.41) is 24.3. The lowest BCUT2D eigenvalue weighted by molar-refractivity contribution is -0.385. The van der Waals surface area contributed by atoms with Crippen LogP contribution in [0, 0.1) is 23.0 Å². The Morgan fingerprint density at radius 1 is 1.50 bits per heavy atom. The van der Waals surface area contributed by atoms with Gasteiger partial charge in [0, 0.05) is 28.3 Å². The fraction of sp³-hybridized carbons (Fsp3) is 0.571. The van der Waals surface area contributed by atoms with Crippen LogP contribution in [0.15, 0.2) is 16.6 Å². The second-order valence-corrected chi connectivity index (χ2v) is 6.68. The summed E-state index contributed by atoms with van der Waals surface area (Å²) in [7, 11) is 0. The molecule has 0 amide bonds. The first-order chi connectivity index (χ1) is 9.12. The first kappa shape index (κ1) is 16.9. The molecule has 0 aromatic heterocycles. The smallest absolute Gasteiger partial charge is 0.273 e. The van der Waals surface area contributed by atoms with Crippen molar-refractivity contribution in [1.29, 1.82) is 0 Å². The van der Waals surface area contributed by atoms with Crippen molar-refractivity contribution in [2.45, 2.75) is 39.7 Å². The third-order valence-corrected chi connectivity index (χ3v) is 3.65. The molecule has 0 fully saturated rings. The summed E-state index contributed by atoms with van der Waals surface area (Å²) in [6.07, 6.45) is 0.684. The van der Waals surface area contributed by atoms with Gasteiger partial charge >= 0.3 is 0 Å². The van der Waals surface area contributed by atoms with E-state index < -0.39 is 10.5 Å². The minimum Gasteiger partial charge on any atom is -0.388 e. The number of halogens is 1. The van der Waals surface area contributed by atoms with E-state index in [4.69, 9.17) is 0 Å². The molecular formula is C14H21BrN2O3. The van der Waals surface area contributed by atoms with E-state index in [0.29, 0.717) is 28.9 Å². The average molecular weight is 345 g/mol. The lowest BCUT2D eigenvalue weighted by Crippen LogP contribution is -2.35. The topological polar surface area (TPSA) is 75.4 Å². The zero-order chi connectivity index (χ0) is 15.5. The molecule has 2 N–H and O–H groups in total. The predicted octanol–water partition coefficient (Wildman–Crippen LogP) is 3.87. The van der Waals surface area contributed by atoms with Crippen molar-refractivity contribution in [3.05, 3.63) is 32.3 Å². The van der Waals surface area contributed by atoms with E-state index in [1.54, 1.807) is 19.9 Å². The van der Waals surface area contributed by atoms with Gasteiger partial charge in [0.25, 0.3) is 5.69 Å². The normalized spacial score (nSPS) is 14.2. The molecule has 0 bridgehead atoms. The highest BCUT2D eigenvalue weighted by atomic mass is 79.9. The largest absolute Gasteiger partial charge is 0.388 e. The number of nitrogens with one attached hydrogen (secondary N) is 1. The van der Waals surface area contributed by atoms with Gasteiger partial charge in [0.1, 0.15) is 0 Å². The van der Waals surface area contributed by atoms with Gasteiger partial charge in [-0.05, 0) is 48.2 Å². The van der Waals surface area contributed by atoms with Crippen molar-refractivity contribution in [3.8, 4) is 0 Å². The Morgan fingerprint density at radius 2 is 2.10 bits per heavy atom. The Balaban J connectivity index is 2.84. The van der Waals surface area contributed by atoms with E-state index in [2.05, 4.69) is 35.1 Å². The van der Waals surface area contributed by atoms with Crippen LogP contribution in [0.3, 0.4) is 0 Å². The number of anilines is 1. The number of aliphatic hydroxyl groups is 1. The minimum absolute atomic E-state index is 0.0800. The van der Waals surface area contributed by atoms with Crippen molar-refractivity contribution in [1.82, 2.24) is 0 Å². The zero-order valence-corrected chi connectivity index (χ0v) is 13.8. The van der Waals surface area contributed by atoms with Crippen molar-refractivity contribution in [2.75, 3.05) is 11.9 Å². The first-order valence-electron chi connectivity index (χ1n) is 6.53.